The van der Waals surface area contributed by atoms with Crippen molar-refractivity contribution in [2.75, 3.05) is 12.3 Å². The molecular formula is C15H13N5O. The smallest absolute Gasteiger partial charge is 0.254 e. The van der Waals surface area contributed by atoms with Crippen molar-refractivity contribution in [3.63, 3.8) is 0 Å². The lowest BCUT2D eigenvalue weighted by molar-refractivity contribution is 0.0732. The number of hydrogen-bond acceptors (Lipinski definition) is 5. The van der Waals surface area contributed by atoms with Crippen LogP contribution in [0.3, 0.4) is 0 Å². The normalized spacial score (nSPS) is 13.4. The molecule has 6 nitrogen and oxygen atoms in total. The fourth-order valence-corrected chi connectivity index (χ4v) is 2.42. The molecule has 2 N–H and O–H groups in total. The highest BCUT2D eigenvalue weighted by atomic mass is 16.2. The van der Waals surface area contributed by atoms with E-state index in [2.05, 4.69) is 9.97 Å². The van der Waals surface area contributed by atoms with Crippen LogP contribution >= 0.6 is 0 Å². The van der Waals surface area contributed by atoms with Gasteiger partial charge in [-0.25, -0.2) is 9.97 Å². The van der Waals surface area contributed by atoms with E-state index in [9.17, 15) is 4.79 Å². The molecule has 1 aromatic heterocycles. The number of carbonyl (C=O) groups is 1. The molecule has 0 atom stereocenters. The molecule has 0 bridgehead atoms. The fourth-order valence-electron chi connectivity index (χ4n) is 2.42. The van der Waals surface area contributed by atoms with Gasteiger partial charge in [-0.3, -0.25) is 4.79 Å². The van der Waals surface area contributed by atoms with Crippen LogP contribution in [0.1, 0.15) is 27.2 Å². The first-order valence-electron chi connectivity index (χ1n) is 6.56. The molecule has 21 heavy (non-hydrogen) atoms. The zero-order valence-corrected chi connectivity index (χ0v) is 11.3. The number of aromatic nitrogens is 2. The van der Waals surface area contributed by atoms with Crippen LogP contribution in [0.15, 0.2) is 30.6 Å². The number of hydrogen-bond donors (Lipinski definition) is 1. The topological polar surface area (TPSA) is 95.9 Å². The van der Waals surface area contributed by atoms with Crippen molar-refractivity contribution < 1.29 is 4.79 Å². The van der Waals surface area contributed by atoms with E-state index in [1.54, 1.807) is 29.2 Å². The molecule has 1 aromatic carbocycles. The number of nitrogen functional groups attached to an aromatic ring is 1. The zero-order valence-electron chi connectivity index (χ0n) is 11.3. The summed E-state index contributed by atoms with van der Waals surface area (Å²) in [6, 6.07) is 8.67. The lowest BCUT2D eigenvalue weighted by Gasteiger charge is -2.28. The molecule has 2 aromatic rings. The van der Waals surface area contributed by atoms with Gasteiger partial charge in [-0.15, -0.1) is 0 Å². The molecular weight excluding hydrogens is 266 g/mol. The summed E-state index contributed by atoms with van der Waals surface area (Å²) in [5.74, 6) is 0.424. The van der Waals surface area contributed by atoms with Crippen molar-refractivity contribution in [1.82, 2.24) is 14.9 Å². The lowest BCUT2D eigenvalue weighted by Crippen LogP contribution is -2.36. The average molecular weight is 279 g/mol. The zero-order chi connectivity index (χ0) is 14.8. The van der Waals surface area contributed by atoms with Crippen molar-refractivity contribution in [2.45, 2.75) is 13.0 Å². The van der Waals surface area contributed by atoms with Crippen LogP contribution in [-0.4, -0.2) is 27.3 Å². The number of fused-ring (bicyclic) bond motifs is 1. The minimum Gasteiger partial charge on any atom is -0.383 e. The second kappa shape index (κ2) is 5.21. The molecule has 0 unspecified atom stereocenters. The third kappa shape index (κ3) is 2.41. The van der Waals surface area contributed by atoms with E-state index in [0.29, 0.717) is 36.5 Å². The SMILES string of the molecule is N#Cc1ccc(C(=O)N2CCc3c(N)ncnc3C2)cc1. The molecule has 0 saturated heterocycles. The summed E-state index contributed by atoms with van der Waals surface area (Å²) in [7, 11) is 0. The summed E-state index contributed by atoms with van der Waals surface area (Å²) in [4.78, 5) is 22.4. The molecule has 3 rings (SSSR count). The van der Waals surface area contributed by atoms with E-state index in [1.165, 1.54) is 6.33 Å². The predicted molar refractivity (Wildman–Crippen MR) is 76.0 cm³/mol. The number of nitriles is 1. The standard InChI is InChI=1S/C15H13N5O/c16-7-10-1-3-11(4-2-10)15(21)20-6-5-12-13(8-20)18-9-19-14(12)17/h1-4,9H,5-6,8H2,(H2,17,18,19). The molecule has 6 heteroatoms. The third-order valence-electron chi connectivity index (χ3n) is 3.59. The predicted octanol–water partition coefficient (Wildman–Crippen LogP) is 1.13. The molecule has 0 spiro atoms. The Labute approximate surface area is 121 Å². The van der Waals surface area contributed by atoms with Crippen LogP contribution in [0.2, 0.25) is 0 Å². The van der Waals surface area contributed by atoms with Gasteiger partial charge in [0, 0.05) is 17.7 Å². The number of nitrogens with two attached hydrogens (primary N) is 1. The number of rotatable bonds is 1. The van der Waals surface area contributed by atoms with E-state index in [0.717, 1.165) is 11.3 Å². The van der Waals surface area contributed by atoms with E-state index in [4.69, 9.17) is 11.0 Å². The van der Waals surface area contributed by atoms with Gasteiger partial charge in [-0.05, 0) is 30.7 Å². The Bertz CT molecular complexity index is 733. The summed E-state index contributed by atoms with van der Waals surface area (Å²) in [6.45, 7) is 1.02. The van der Waals surface area contributed by atoms with Crippen LogP contribution in [0.4, 0.5) is 5.82 Å². The van der Waals surface area contributed by atoms with Gasteiger partial charge in [0.1, 0.15) is 12.1 Å². The Balaban J connectivity index is 1.82. The summed E-state index contributed by atoms with van der Waals surface area (Å²) in [6.07, 6.45) is 2.08. The van der Waals surface area contributed by atoms with Crippen LogP contribution in [-0.2, 0) is 13.0 Å². The van der Waals surface area contributed by atoms with Crippen molar-refractivity contribution in [1.29, 1.82) is 5.26 Å². The van der Waals surface area contributed by atoms with Gasteiger partial charge in [-0.1, -0.05) is 0 Å². The van der Waals surface area contributed by atoms with E-state index >= 15 is 0 Å². The van der Waals surface area contributed by atoms with Gasteiger partial charge < -0.3 is 10.6 Å². The summed E-state index contributed by atoms with van der Waals surface area (Å²) < 4.78 is 0. The van der Waals surface area contributed by atoms with Crippen LogP contribution in [0.25, 0.3) is 0 Å². The Hall–Kier alpha value is -2.94. The molecule has 2 heterocycles. The summed E-state index contributed by atoms with van der Waals surface area (Å²) in [5, 5.41) is 8.78. The summed E-state index contributed by atoms with van der Waals surface area (Å²) >= 11 is 0. The maximum absolute atomic E-state index is 12.5. The largest absolute Gasteiger partial charge is 0.383 e. The lowest BCUT2D eigenvalue weighted by atomic mass is 10.0. The van der Waals surface area contributed by atoms with Crippen LogP contribution in [0, 0.1) is 11.3 Å². The minimum atomic E-state index is -0.0673. The second-order valence-electron chi connectivity index (χ2n) is 4.85. The first-order valence-corrected chi connectivity index (χ1v) is 6.56. The molecule has 1 aliphatic heterocycles. The molecule has 0 aliphatic carbocycles. The van der Waals surface area contributed by atoms with Gasteiger partial charge in [0.25, 0.3) is 5.91 Å². The van der Waals surface area contributed by atoms with Gasteiger partial charge in [-0.2, -0.15) is 5.26 Å². The monoisotopic (exact) mass is 279 g/mol. The van der Waals surface area contributed by atoms with Crippen molar-refractivity contribution >= 4 is 11.7 Å². The van der Waals surface area contributed by atoms with E-state index in [-0.39, 0.29) is 5.91 Å². The number of amides is 1. The molecule has 104 valence electrons. The highest BCUT2D eigenvalue weighted by molar-refractivity contribution is 5.94. The average Bonchev–Trinajstić information content (AvgIpc) is 2.54. The van der Waals surface area contributed by atoms with Gasteiger partial charge in [0.05, 0.1) is 23.9 Å². The van der Waals surface area contributed by atoms with Gasteiger partial charge in [0.15, 0.2) is 0 Å². The highest BCUT2D eigenvalue weighted by Crippen LogP contribution is 2.21. The highest BCUT2D eigenvalue weighted by Gasteiger charge is 2.24. The molecule has 0 fully saturated rings. The van der Waals surface area contributed by atoms with Gasteiger partial charge >= 0.3 is 0 Å². The Morgan fingerprint density at radius 1 is 1.29 bits per heavy atom. The maximum Gasteiger partial charge on any atom is 0.254 e. The molecule has 1 amide bonds. The Kier molecular flexibility index (Phi) is 3.24. The minimum absolute atomic E-state index is 0.0673. The van der Waals surface area contributed by atoms with E-state index in [1.807, 2.05) is 6.07 Å². The molecule has 1 aliphatic rings. The number of nitrogens with zero attached hydrogens (tertiary/aromatic N) is 4. The van der Waals surface area contributed by atoms with Crippen molar-refractivity contribution in [2.24, 2.45) is 0 Å². The van der Waals surface area contributed by atoms with Crippen LogP contribution < -0.4 is 5.73 Å². The Morgan fingerprint density at radius 2 is 2.05 bits per heavy atom. The first kappa shape index (κ1) is 13.1. The summed E-state index contributed by atoms with van der Waals surface area (Å²) in [5.41, 5.74) is 8.66. The van der Waals surface area contributed by atoms with Crippen molar-refractivity contribution in [3.8, 4) is 6.07 Å². The Morgan fingerprint density at radius 3 is 2.76 bits per heavy atom. The number of carbonyl (C=O) groups excluding carboxylic acids is 1. The van der Waals surface area contributed by atoms with Crippen LogP contribution in [0.5, 0.6) is 0 Å². The van der Waals surface area contributed by atoms with Crippen molar-refractivity contribution in [3.05, 3.63) is 53.0 Å². The van der Waals surface area contributed by atoms with E-state index < -0.39 is 0 Å². The number of anilines is 1. The maximum atomic E-state index is 12.5. The molecule has 0 saturated carbocycles. The fraction of sp³-hybridized carbons (Fsp3) is 0.200. The first-order chi connectivity index (χ1) is 10.2. The number of benzene rings is 1. The molecule has 0 radical (unpaired) electrons. The second-order valence-corrected chi connectivity index (χ2v) is 4.85. The quantitative estimate of drug-likeness (QED) is 0.844. The third-order valence-corrected chi connectivity index (χ3v) is 3.59. The van der Waals surface area contributed by atoms with Gasteiger partial charge in [0.2, 0.25) is 0 Å².